The smallest absolute Gasteiger partial charge is 0.187 e. The van der Waals surface area contributed by atoms with Crippen LogP contribution in [-0.4, -0.2) is 17.9 Å². The number of nitrogens with one attached hydrogen (secondary N) is 2. The Morgan fingerprint density at radius 2 is 2.04 bits per heavy atom. The van der Waals surface area contributed by atoms with Gasteiger partial charge in [0.1, 0.15) is 5.75 Å². The number of ether oxygens (including phenoxy) is 1. The zero-order valence-corrected chi connectivity index (χ0v) is 14.5. The first-order valence-electron chi connectivity index (χ1n) is 8.17. The van der Waals surface area contributed by atoms with Gasteiger partial charge in [-0.2, -0.15) is 5.10 Å². The lowest BCUT2D eigenvalue weighted by molar-refractivity contribution is 0.340. The second-order valence-corrected chi connectivity index (χ2v) is 6.01. The summed E-state index contributed by atoms with van der Waals surface area (Å²) < 4.78 is 5.57. The van der Waals surface area contributed by atoms with Crippen LogP contribution in [0.2, 0.25) is 0 Å². The molecule has 2 aromatic rings. The molecule has 0 aromatic heterocycles. The number of hydrogen-bond acceptors (Lipinski definition) is 3. The molecule has 0 fully saturated rings. The first-order valence-corrected chi connectivity index (χ1v) is 8.58. The molecule has 0 saturated carbocycles. The molecule has 0 spiro atoms. The van der Waals surface area contributed by atoms with Crippen LogP contribution in [-0.2, 0) is 6.42 Å². The van der Waals surface area contributed by atoms with Crippen LogP contribution >= 0.6 is 12.2 Å². The highest BCUT2D eigenvalue weighted by Gasteiger charge is 2.22. The van der Waals surface area contributed by atoms with Crippen LogP contribution in [0.15, 0.2) is 53.6 Å². The van der Waals surface area contributed by atoms with E-state index in [0.29, 0.717) is 11.7 Å². The lowest BCUT2D eigenvalue weighted by atomic mass is 10.1. The number of aryl methyl sites for hydroxylation is 1. The van der Waals surface area contributed by atoms with E-state index in [4.69, 9.17) is 17.0 Å². The highest BCUT2D eigenvalue weighted by molar-refractivity contribution is 7.80. The number of rotatable bonds is 5. The third kappa shape index (κ3) is 3.92. The van der Waals surface area contributed by atoms with Crippen molar-refractivity contribution in [1.29, 1.82) is 0 Å². The Balaban J connectivity index is 1.57. The van der Waals surface area contributed by atoms with Crippen LogP contribution in [0.5, 0.6) is 5.75 Å². The Bertz CT molecular complexity index is 745. The van der Waals surface area contributed by atoms with E-state index in [1.807, 2.05) is 31.2 Å². The van der Waals surface area contributed by atoms with Crippen molar-refractivity contribution < 1.29 is 4.74 Å². The van der Waals surface area contributed by atoms with E-state index in [9.17, 15) is 0 Å². The molecule has 1 atom stereocenters. The molecule has 2 N–H and O–H groups in total. The summed E-state index contributed by atoms with van der Waals surface area (Å²) in [6, 6.07) is 16.5. The number of hydrogen-bond donors (Lipinski definition) is 2. The molecule has 0 amide bonds. The maximum absolute atomic E-state index is 5.57. The molecule has 0 aliphatic heterocycles. The lowest BCUT2D eigenvalue weighted by Crippen LogP contribution is -2.34. The number of benzene rings is 2. The minimum Gasteiger partial charge on any atom is -0.493 e. The van der Waals surface area contributed by atoms with Crippen LogP contribution in [0, 0.1) is 0 Å². The zero-order chi connectivity index (χ0) is 16.8. The van der Waals surface area contributed by atoms with E-state index >= 15 is 0 Å². The van der Waals surface area contributed by atoms with Crippen molar-refractivity contribution in [2.24, 2.45) is 5.10 Å². The summed E-state index contributed by atoms with van der Waals surface area (Å²) in [7, 11) is 0. The van der Waals surface area contributed by atoms with Gasteiger partial charge in [-0.05, 0) is 55.2 Å². The number of nitrogens with zero attached hydrogens (tertiary/aromatic N) is 1. The molecule has 1 aliphatic carbocycles. The third-order valence-electron chi connectivity index (χ3n) is 4.03. The van der Waals surface area contributed by atoms with Gasteiger partial charge >= 0.3 is 0 Å². The Labute approximate surface area is 147 Å². The van der Waals surface area contributed by atoms with Gasteiger partial charge in [-0.1, -0.05) is 36.4 Å². The molecule has 0 saturated heterocycles. The number of thiocarbonyl (C=S) groups is 1. The SMILES string of the molecule is CCOc1ccccc1/C=N/NC(=S)N[C@@H]1CCc2ccccc21. The number of para-hydroxylation sites is 1. The van der Waals surface area contributed by atoms with Crippen molar-refractivity contribution >= 4 is 23.5 Å². The largest absolute Gasteiger partial charge is 0.493 e. The van der Waals surface area contributed by atoms with E-state index in [2.05, 4.69) is 40.1 Å². The maximum atomic E-state index is 5.57. The molecule has 124 valence electrons. The van der Waals surface area contributed by atoms with Crippen LogP contribution in [0.4, 0.5) is 0 Å². The van der Waals surface area contributed by atoms with Gasteiger partial charge < -0.3 is 10.1 Å². The van der Waals surface area contributed by atoms with Gasteiger partial charge in [0.25, 0.3) is 0 Å². The summed E-state index contributed by atoms with van der Waals surface area (Å²) in [5, 5.41) is 8.09. The van der Waals surface area contributed by atoms with Gasteiger partial charge in [-0.15, -0.1) is 0 Å². The fraction of sp³-hybridized carbons (Fsp3) is 0.263. The van der Waals surface area contributed by atoms with E-state index in [-0.39, 0.29) is 6.04 Å². The summed E-state index contributed by atoms with van der Waals surface area (Å²) in [6.07, 6.45) is 3.86. The quantitative estimate of drug-likeness (QED) is 0.497. The van der Waals surface area contributed by atoms with E-state index in [1.54, 1.807) is 6.21 Å². The molecule has 0 unspecified atom stereocenters. The molecule has 4 nitrogen and oxygen atoms in total. The summed E-state index contributed by atoms with van der Waals surface area (Å²) in [6.45, 7) is 2.59. The predicted molar refractivity (Wildman–Crippen MR) is 102 cm³/mol. The van der Waals surface area contributed by atoms with E-state index < -0.39 is 0 Å². The molecule has 0 radical (unpaired) electrons. The highest BCUT2D eigenvalue weighted by Crippen LogP contribution is 2.30. The molecule has 0 bridgehead atoms. The topological polar surface area (TPSA) is 45.6 Å². The van der Waals surface area contributed by atoms with Crippen molar-refractivity contribution in [3.63, 3.8) is 0 Å². The van der Waals surface area contributed by atoms with Crippen LogP contribution < -0.4 is 15.5 Å². The van der Waals surface area contributed by atoms with Crippen LogP contribution in [0.25, 0.3) is 0 Å². The van der Waals surface area contributed by atoms with Gasteiger partial charge in [0, 0.05) is 5.56 Å². The highest BCUT2D eigenvalue weighted by atomic mass is 32.1. The fourth-order valence-electron chi connectivity index (χ4n) is 2.93. The molecular weight excluding hydrogens is 318 g/mol. The number of fused-ring (bicyclic) bond motifs is 1. The van der Waals surface area contributed by atoms with Gasteiger partial charge in [-0.25, -0.2) is 0 Å². The average molecular weight is 339 g/mol. The van der Waals surface area contributed by atoms with Gasteiger partial charge in [-0.3, -0.25) is 5.43 Å². The first kappa shape index (κ1) is 16.5. The molecule has 1 aliphatic rings. The minimum atomic E-state index is 0.257. The van der Waals surface area contributed by atoms with E-state index in [1.165, 1.54) is 11.1 Å². The van der Waals surface area contributed by atoms with Crippen LogP contribution in [0.3, 0.4) is 0 Å². The first-order chi connectivity index (χ1) is 11.8. The molecule has 2 aromatic carbocycles. The average Bonchev–Trinajstić information content (AvgIpc) is 3.00. The van der Waals surface area contributed by atoms with Crippen molar-refractivity contribution in [2.75, 3.05) is 6.61 Å². The maximum Gasteiger partial charge on any atom is 0.187 e. The Morgan fingerprint density at radius 3 is 2.92 bits per heavy atom. The standard InChI is InChI=1S/C19H21N3OS/c1-2-23-18-10-6-4-8-15(18)13-20-22-19(24)21-17-12-11-14-7-3-5-9-16(14)17/h3-10,13,17H,2,11-12H2,1H3,(H2,21,22,24)/b20-13+/t17-/m1/s1. The Kier molecular flexibility index (Phi) is 5.43. The molecule has 0 heterocycles. The third-order valence-corrected chi connectivity index (χ3v) is 4.24. The molecule has 24 heavy (non-hydrogen) atoms. The van der Waals surface area contributed by atoms with Gasteiger partial charge in [0.2, 0.25) is 0 Å². The lowest BCUT2D eigenvalue weighted by Gasteiger charge is -2.15. The summed E-state index contributed by atoms with van der Waals surface area (Å²) in [5.41, 5.74) is 6.53. The second-order valence-electron chi connectivity index (χ2n) is 5.60. The van der Waals surface area contributed by atoms with Crippen molar-refractivity contribution in [2.45, 2.75) is 25.8 Å². The number of hydrazone groups is 1. The second kappa shape index (κ2) is 7.93. The molecular formula is C19H21N3OS. The molecule has 5 heteroatoms. The minimum absolute atomic E-state index is 0.257. The molecule has 3 rings (SSSR count). The Morgan fingerprint density at radius 1 is 1.25 bits per heavy atom. The van der Waals surface area contributed by atoms with Crippen molar-refractivity contribution in [3.8, 4) is 5.75 Å². The van der Waals surface area contributed by atoms with Crippen molar-refractivity contribution in [1.82, 2.24) is 10.7 Å². The van der Waals surface area contributed by atoms with E-state index in [0.717, 1.165) is 24.2 Å². The fourth-order valence-corrected chi connectivity index (χ4v) is 3.13. The summed E-state index contributed by atoms with van der Waals surface area (Å²) in [4.78, 5) is 0. The van der Waals surface area contributed by atoms with Crippen LogP contribution in [0.1, 0.15) is 36.1 Å². The zero-order valence-electron chi connectivity index (χ0n) is 13.7. The van der Waals surface area contributed by atoms with Gasteiger partial charge in [0.05, 0.1) is 18.9 Å². The van der Waals surface area contributed by atoms with Gasteiger partial charge in [0.15, 0.2) is 5.11 Å². The van der Waals surface area contributed by atoms with Crippen molar-refractivity contribution in [3.05, 3.63) is 65.2 Å². The monoisotopic (exact) mass is 339 g/mol. The normalized spacial score (nSPS) is 16.0. The Hall–Kier alpha value is -2.40. The summed E-state index contributed by atoms with van der Waals surface area (Å²) >= 11 is 5.35. The predicted octanol–water partition coefficient (Wildman–Crippen LogP) is 3.57. The summed E-state index contributed by atoms with van der Waals surface area (Å²) in [5.74, 6) is 0.814.